The lowest BCUT2D eigenvalue weighted by Crippen LogP contribution is -2.35. The minimum atomic E-state index is 0.255. The third-order valence-electron chi connectivity index (χ3n) is 7.70. The topological polar surface area (TPSA) is 95.8 Å². The highest BCUT2D eigenvalue weighted by molar-refractivity contribution is 5.91. The van der Waals surface area contributed by atoms with Gasteiger partial charge in [-0.3, -0.25) is 0 Å². The zero-order valence-corrected chi connectivity index (χ0v) is 19.1. The van der Waals surface area contributed by atoms with Crippen LogP contribution in [0, 0.1) is 11.8 Å². The number of aromatic nitrogens is 6. The summed E-state index contributed by atoms with van der Waals surface area (Å²) in [6.45, 7) is 4.32. The summed E-state index contributed by atoms with van der Waals surface area (Å²) in [4.78, 5) is 24.3. The first-order valence-corrected chi connectivity index (χ1v) is 12.2. The Hall–Kier alpha value is -3.00. The Morgan fingerprint density at radius 1 is 1.06 bits per heavy atom. The second kappa shape index (κ2) is 8.41. The summed E-state index contributed by atoms with van der Waals surface area (Å²) in [5.41, 5.74) is 5.61. The highest BCUT2D eigenvalue weighted by Crippen LogP contribution is 2.36. The van der Waals surface area contributed by atoms with Crippen molar-refractivity contribution in [1.29, 1.82) is 0 Å². The molecule has 0 bridgehead atoms. The predicted octanol–water partition coefficient (Wildman–Crippen LogP) is 4.33. The third kappa shape index (κ3) is 3.66. The number of nitrogens with zero attached hydrogens (tertiary/aromatic N) is 6. The van der Waals surface area contributed by atoms with Crippen LogP contribution in [0.3, 0.4) is 0 Å². The molecule has 8 heteroatoms. The van der Waals surface area contributed by atoms with E-state index in [1.54, 1.807) is 6.33 Å². The first-order chi connectivity index (χ1) is 16.2. The number of H-pyrrole nitrogens is 1. The number of nitrogens with one attached hydrogen (secondary N) is 1. The van der Waals surface area contributed by atoms with E-state index in [1.165, 1.54) is 31.2 Å². The molecule has 1 saturated heterocycles. The molecule has 4 aromatic rings. The van der Waals surface area contributed by atoms with Gasteiger partial charge in [0.25, 0.3) is 0 Å². The van der Waals surface area contributed by atoms with Gasteiger partial charge in [-0.1, -0.05) is 25.8 Å². The number of rotatable bonds is 4. The maximum absolute atomic E-state index is 9.47. The number of aromatic amines is 1. The van der Waals surface area contributed by atoms with Gasteiger partial charge in [0.2, 0.25) is 5.95 Å². The molecular weight excluding hydrogens is 414 g/mol. The molecule has 2 fully saturated rings. The number of imidazole rings is 2. The summed E-state index contributed by atoms with van der Waals surface area (Å²) in [7, 11) is 0. The lowest BCUT2D eigenvalue weighted by Gasteiger charge is -2.31. The maximum Gasteiger partial charge on any atom is 0.228 e. The van der Waals surface area contributed by atoms with Gasteiger partial charge in [0.1, 0.15) is 11.2 Å². The van der Waals surface area contributed by atoms with E-state index in [4.69, 9.17) is 15.0 Å². The van der Waals surface area contributed by atoms with E-state index < -0.39 is 0 Å². The fourth-order valence-electron chi connectivity index (χ4n) is 5.64. The summed E-state index contributed by atoms with van der Waals surface area (Å²) in [6, 6.07) is 7.01. The minimum absolute atomic E-state index is 0.255. The van der Waals surface area contributed by atoms with Crippen molar-refractivity contribution in [2.45, 2.75) is 51.5 Å². The van der Waals surface area contributed by atoms with Crippen molar-refractivity contribution >= 4 is 28.1 Å². The van der Waals surface area contributed by atoms with Gasteiger partial charge in [-0.05, 0) is 49.7 Å². The van der Waals surface area contributed by atoms with Crippen LogP contribution in [0.25, 0.3) is 33.5 Å². The van der Waals surface area contributed by atoms with Crippen LogP contribution in [0.5, 0.6) is 0 Å². The molecule has 33 heavy (non-hydrogen) atoms. The van der Waals surface area contributed by atoms with Gasteiger partial charge in [0, 0.05) is 31.3 Å². The average molecular weight is 446 g/mol. The van der Waals surface area contributed by atoms with Crippen LogP contribution in [0.2, 0.25) is 0 Å². The molecule has 2 unspecified atom stereocenters. The van der Waals surface area contributed by atoms with Gasteiger partial charge in [0.15, 0.2) is 5.65 Å². The molecule has 0 radical (unpaired) electrons. The van der Waals surface area contributed by atoms with Gasteiger partial charge in [0.05, 0.1) is 23.7 Å². The van der Waals surface area contributed by atoms with Crippen molar-refractivity contribution in [1.82, 2.24) is 29.5 Å². The maximum atomic E-state index is 9.47. The van der Waals surface area contributed by atoms with E-state index in [-0.39, 0.29) is 6.61 Å². The average Bonchev–Trinajstić information content (AvgIpc) is 3.50. The van der Waals surface area contributed by atoms with Crippen LogP contribution >= 0.6 is 0 Å². The van der Waals surface area contributed by atoms with Crippen molar-refractivity contribution in [2.75, 3.05) is 24.6 Å². The second-order valence-corrected chi connectivity index (χ2v) is 9.77. The molecule has 2 N–H and O–H groups in total. The smallest absolute Gasteiger partial charge is 0.228 e. The van der Waals surface area contributed by atoms with Crippen LogP contribution < -0.4 is 4.90 Å². The monoisotopic (exact) mass is 445 g/mol. The number of aliphatic hydroxyl groups is 1. The van der Waals surface area contributed by atoms with Crippen molar-refractivity contribution < 1.29 is 5.11 Å². The van der Waals surface area contributed by atoms with Crippen LogP contribution in [0.4, 0.5) is 5.95 Å². The molecule has 2 atom stereocenters. The Labute approximate surface area is 193 Å². The zero-order chi connectivity index (χ0) is 22.4. The number of anilines is 1. The van der Waals surface area contributed by atoms with E-state index >= 15 is 0 Å². The van der Waals surface area contributed by atoms with Crippen molar-refractivity contribution in [3.8, 4) is 11.3 Å². The van der Waals surface area contributed by atoms with Gasteiger partial charge >= 0.3 is 0 Å². The number of hydrogen-bond acceptors (Lipinski definition) is 6. The first-order valence-electron chi connectivity index (χ1n) is 12.2. The Kier molecular flexibility index (Phi) is 5.25. The summed E-state index contributed by atoms with van der Waals surface area (Å²) in [6.07, 6.45) is 10.8. The van der Waals surface area contributed by atoms with Crippen LogP contribution in [0.15, 0.2) is 30.9 Å². The van der Waals surface area contributed by atoms with E-state index in [1.807, 2.05) is 6.33 Å². The van der Waals surface area contributed by atoms with Gasteiger partial charge in [-0.2, -0.15) is 4.98 Å². The van der Waals surface area contributed by atoms with Crippen molar-refractivity contribution in [3.05, 3.63) is 30.9 Å². The largest absolute Gasteiger partial charge is 0.396 e. The van der Waals surface area contributed by atoms with Crippen LogP contribution in [0.1, 0.15) is 51.5 Å². The van der Waals surface area contributed by atoms with E-state index in [0.717, 1.165) is 48.2 Å². The quantitative estimate of drug-likeness (QED) is 0.485. The normalized spacial score (nSPS) is 22.4. The molecule has 6 rings (SSSR count). The Morgan fingerprint density at radius 3 is 2.73 bits per heavy atom. The first kappa shape index (κ1) is 20.6. The minimum Gasteiger partial charge on any atom is -0.396 e. The summed E-state index contributed by atoms with van der Waals surface area (Å²) >= 11 is 0. The number of aliphatic hydroxyl groups excluding tert-OH is 1. The molecule has 3 aromatic heterocycles. The predicted molar refractivity (Wildman–Crippen MR) is 129 cm³/mol. The molecule has 0 amide bonds. The Balaban J connectivity index is 1.38. The lowest BCUT2D eigenvalue weighted by atomic mass is 9.85. The fourth-order valence-corrected chi connectivity index (χ4v) is 5.64. The summed E-state index contributed by atoms with van der Waals surface area (Å²) in [5, 5.41) is 9.47. The molecular formula is C25H31N7O. The summed E-state index contributed by atoms with van der Waals surface area (Å²) in [5.74, 6) is 1.77. The SMILES string of the molecule is CC1CCCCC1n1cnc2cc(-c3nc(N4CCC(CO)CC4)nc4nc[nH]c34)ccc21. The van der Waals surface area contributed by atoms with E-state index in [2.05, 4.69) is 44.6 Å². The van der Waals surface area contributed by atoms with E-state index in [0.29, 0.717) is 29.5 Å². The Morgan fingerprint density at radius 2 is 1.91 bits per heavy atom. The summed E-state index contributed by atoms with van der Waals surface area (Å²) < 4.78 is 2.38. The molecule has 172 valence electrons. The number of benzene rings is 1. The molecule has 0 spiro atoms. The lowest BCUT2D eigenvalue weighted by molar-refractivity contribution is 0.202. The van der Waals surface area contributed by atoms with Crippen LogP contribution in [-0.4, -0.2) is 54.3 Å². The number of hydrogen-bond donors (Lipinski definition) is 2. The zero-order valence-electron chi connectivity index (χ0n) is 19.1. The van der Waals surface area contributed by atoms with Gasteiger partial charge in [-0.15, -0.1) is 0 Å². The van der Waals surface area contributed by atoms with Crippen molar-refractivity contribution in [3.63, 3.8) is 0 Å². The Bertz CT molecular complexity index is 1270. The molecule has 1 aliphatic carbocycles. The number of fused-ring (bicyclic) bond motifs is 2. The van der Waals surface area contributed by atoms with Crippen molar-refractivity contribution in [2.24, 2.45) is 11.8 Å². The highest BCUT2D eigenvalue weighted by atomic mass is 16.3. The second-order valence-electron chi connectivity index (χ2n) is 9.77. The molecule has 4 heterocycles. The standard InChI is InChI=1S/C25H31N7O/c1-16-4-2-3-5-20(16)32-15-28-19-12-18(6-7-21(19)32)22-23-24(27-14-26-23)30-25(29-22)31-10-8-17(13-33)9-11-31/h6-7,12,14-17,20,33H,2-5,8-11,13H2,1H3,(H,26,27,29,30). The third-order valence-corrected chi connectivity index (χ3v) is 7.70. The molecule has 1 saturated carbocycles. The molecule has 1 aromatic carbocycles. The molecule has 2 aliphatic rings. The van der Waals surface area contributed by atoms with E-state index in [9.17, 15) is 5.11 Å². The highest BCUT2D eigenvalue weighted by Gasteiger charge is 2.25. The fraction of sp³-hybridized carbons (Fsp3) is 0.520. The molecule has 8 nitrogen and oxygen atoms in total. The van der Waals surface area contributed by atoms with Gasteiger partial charge < -0.3 is 19.6 Å². The van der Waals surface area contributed by atoms with Gasteiger partial charge in [-0.25, -0.2) is 15.0 Å². The van der Waals surface area contributed by atoms with Crippen LogP contribution in [-0.2, 0) is 0 Å². The molecule has 1 aliphatic heterocycles. The number of piperidine rings is 1.